The van der Waals surface area contributed by atoms with Gasteiger partial charge in [0.05, 0.1) is 11.3 Å². The fourth-order valence-corrected chi connectivity index (χ4v) is 3.04. The number of fused-ring (bicyclic) bond motifs is 1. The number of benzene rings is 2. The van der Waals surface area contributed by atoms with Gasteiger partial charge >= 0.3 is 0 Å². The molecule has 140 valence electrons. The molecule has 3 amide bonds. The van der Waals surface area contributed by atoms with E-state index in [2.05, 4.69) is 28.1 Å². The maximum Gasteiger partial charge on any atom is 0.254 e. The molecule has 0 unspecified atom stereocenters. The Morgan fingerprint density at radius 2 is 1.74 bits per heavy atom. The van der Waals surface area contributed by atoms with Crippen molar-refractivity contribution in [3.05, 3.63) is 65.7 Å². The van der Waals surface area contributed by atoms with Gasteiger partial charge in [-0.25, -0.2) is 0 Å². The Balaban J connectivity index is 1.42. The minimum absolute atomic E-state index is 0.119. The average molecular weight is 365 g/mol. The Morgan fingerprint density at radius 3 is 2.56 bits per heavy atom. The first-order valence-electron chi connectivity index (χ1n) is 9.15. The smallest absolute Gasteiger partial charge is 0.254 e. The maximum absolute atomic E-state index is 12.3. The molecule has 1 heterocycles. The topological polar surface area (TPSA) is 87.3 Å². The number of carbonyl (C=O) groups excluding carboxylic acids is 3. The van der Waals surface area contributed by atoms with Crippen molar-refractivity contribution in [2.75, 3.05) is 11.9 Å². The number of aryl methyl sites for hydroxylation is 1. The van der Waals surface area contributed by atoms with Crippen molar-refractivity contribution in [1.82, 2.24) is 10.6 Å². The van der Waals surface area contributed by atoms with Crippen molar-refractivity contribution in [3.8, 4) is 0 Å². The lowest BCUT2D eigenvalue weighted by Crippen LogP contribution is -2.42. The van der Waals surface area contributed by atoms with E-state index in [1.165, 1.54) is 5.56 Å². The molecule has 0 aliphatic carbocycles. The molecule has 27 heavy (non-hydrogen) atoms. The van der Waals surface area contributed by atoms with Gasteiger partial charge < -0.3 is 16.0 Å². The van der Waals surface area contributed by atoms with Crippen LogP contribution in [0.15, 0.2) is 54.6 Å². The summed E-state index contributed by atoms with van der Waals surface area (Å²) in [6.07, 6.45) is 2.20. The number of anilines is 1. The summed E-state index contributed by atoms with van der Waals surface area (Å²) in [7, 11) is 0. The molecule has 6 heteroatoms. The highest BCUT2D eigenvalue weighted by Crippen LogP contribution is 2.19. The Bertz CT molecular complexity index is 820. The van der Waals surface area contributed by atoms with Crippen LogP contribution in [0.2, 0.25) is 0 Å². The fraction of sp³-hybridized carbons (Fsp3) is 0.286. The normalized spacial score (nSPS) is 15.9. The molecule has 2 aromatic carbocycles. The van der Waals surface area contributed by atoms with Crippen molar-refractivity contribution in [1.29, 1.82) is 0 Å². The van der Waals surface area contributed by atoms with E-state index in [4.69, 9.17) is 0 Å². The molecule has 0 bridgehead atoms. The largest absolute Gasteiger partial charge is 0.356 e. The molecule has 0 radical (unpaired) electrons. The number of nitrogens with one attached hydrogen (secondary N) is 3. The van der Waals surface area contributed by atoms with E-state index in [9.17, 15) is 14.4 Å². The summed E-state index contributed by atoms with van der Waals surface area (Å²) in [6.45, 7) is 0.586. The number of rotatable bonds is 7. The van der Waals surface area contributed by atoms with Crippen LogP contribution in [0.1, 0.15) is 35.2 Å². The first-order chi connectivity index (χ1) is 13.1. The van der Waals surface area contributed by atoms with Crippen LogP contribution in [0.3, 0.4) is 0 Å². The fourth-order valence-electron chi connectivity index (χ4n) is 3.04. The molecule has 6 nitrogen and oxygen atoms in total. The SMILES string of the molecule is O=C(CC[C@H]1NC(=O)c2ccccc2NC1=O)NCCCc1ccccc1. The molecule has 0 spiro atoms. The van der Waals surface area contributed by atoms with Gasteiger partial charge in [-0.05, 0) is 37.0 Å². The Hall–Kier alpha value is -3.15. The summed E-state index contributed by atoms with van der Waals surface area (Å²) in [5.41, 5.74) is 2.16. The lowest BCUT2D eigenvalue weighted by molar-refractivity contribution is -0.121. The van der Waals surface area contributed by atoms with Crippen LogP contribution in [-0.2, 0) is 16.0 Å². The highest BCUT2D eigenvalue weighted by molar-refractivity contribution is 6.09. The average Bonchev–Trinajstić information content (AvgIpc) is 2.80. The van der Waals surface area contributed by atoms with Gasteiger partial charge in [0.15, 0.2) is 0 Å². The van der Waals surface area contributed by atoms with Gasteiger partial charge in [0, 0.05) is 13.0 Å². The summed E-state index contributed by atoms with van der Waals surface area (Å²) in [5.74, 6) is -0.728. The van der Waals surface area contributed by atoms with E-state index in [-0.39, 0.29) is 30.6 Å². The zero-order valence-electron chi connectivity index (χ0n) is 15.0. The van der Waals surface area contributed by atoms with E-state index in [0.717, 1.165) is 12.8 Å². The lowest BCUT2D eigenvalue weighted by atomic mass is 10.1. The van der Waals surface area contributed by atoms with Crippen LogP contribution >= 0.6 is 0 Å². The summed E-state index contributed by atoms with van der Waals surface area (Å²) in [6, 6.07) is 16.2. The van der Waals surface area contributed by atoms with Crippen LogP contribution in [0.25, 0.3) is 0 Å². The predicted molar refractivity (Wildman–Crippen MR) is 103 cm³/mol. The zero-order chi connectivity index (χ0) is 19.1. The third-order valence-electron chi connectivity index (χ3n) is 4.52. The van der Waals surface area contributed by atoms with Gasteiger partial charge in [-0.15, -0.1) is 0 Å². The van der Waals surface area contributed by atoms with Crippen molar-refractivity contribution in [2.45, 2.75) is 31.7 Å². The van der Waals surface area contributed by atoms with Crippen molar-refractivity contribution in [3.63, 3.8) is 0 Å². The molecule has 0 fully saturated rings. The molecule has 3 N–H and O–H groups in total. The second kappa shape index (κ2) is 8.98. The first-order valence-corrected chi connectivity index (χ1v) is 9.15. The van der Waals surface area contributed by atoms with Crippen LogP contribution < -0.4 is 16.0 Å². The summed E-state index contributed by atoms with van der Waals surface area (Å²) < 4.78 is 0. The van der Waals surface area contributed by atoms with Crippen LogP contribution in [0.5, 0.6) is 0 Å². The highest BCUT2D eigenvalue weighted by Gasteiger charge is 2.27. The van der Waals surface area contributed by atoms with Gasteiger partial charge in [0.25, 0.3) is 5.91 Å². The molecule has 0 saturated heterocycles. The van der Waals surface area contributed by atoms with Gasteiger partial charge in [-0.1, -0.05) is 42.5 Å². The van der Waals surface area contributed by atoms with Gasteiger partial charge in [-0.3, -0.25) is 14.4 Å². The van der Waals surface area contributed by atoms with E-state index in [1.807, 2.05) is 18.2 Å². The predicted octanol–water partition coefficient (Wildman–Crippen LogP) is 2.27. The molecule has 2 aromatic rings. The first kappa shape index (κ1) is 18.6. The minimum Gasteiger partial charge on any atom is -0.356 e. The minimum atomic E-state index is -0.722. The third kappa shape index (κ3) is 5.17. The summed E-state index contributed by atoms with van der Waals surface area (Å²) >= 11 is 0. The molecular formula is C21H23N3O3. The van der Waals surface area contributed by atoms with Crippen LogP contribution in [0, 0.1) is 0 Å². The number of para-hydroxylation sites is 1. The molecule has 3 rings (SSSR count). The quantitative estimate of drug-likeness (QED) is 0.658. The highest BCUT2D eigenvalue weighted by atomic mass is 16.2. The van der Waals surface area contributed by atoms with Crippen molar-refractivity contribution < 1.29 is 14.4 Å². The van der Waals surface area contributed by atoms with Gasteiger partial charge in [-0.2, -0.15) is 0 Å². The number of hydrogen-bond donors (Lipinski definition) is 3. The van der Waals surface area contributed by atoms with Crippen LogP contribution in [0.4, 0.5) is 5.69 Å². The second-order valence-corrected chi connectivity index (χ2v) is 6.54. The van der Waals surface area contributed by atoms with E-state index in [1.54, 1.807) is 24.3 Å². The van der Waals surface area contributed by atoms with E-state index >= 15 is 0 Å². The molecule has 1 atom stereocenters. The zero-order valence-corrected chi connectivity index (χ0v) is 15.0. The molecular weight excluding hydrogens is 342 g/mol. The third-order valence-corrected chi connectivity index (χ3v) is 4.52. The lowest BCUT2D eigenvalue weighted by Gasteiger charge is -2.14. The Labute approximate surface area is 158 Å². The Morgan fingerprint density at radius 1 is 1.00 bits per heavy atom. The molecule has 1 aliphatic heterocycles. The maximum atomic E-state index is 12.3. The Kier molecular flexibility index (Phi) is 6.20. The molecule has 1 aliphatic rings. The van der Waals surface area contributed by atoms with Crippen molar-refractivity contribution in [2.24, 2.45) is 0 Å². The second-order valence-electron chi connectivity index (χ2n) is 6.54. The van der Waals surface area contributed by atoms with Crippen LogP contribution in [-0.4, -0.2) is 30.3 Å². The number of carbonyl (C=O) groups is 3. The molecule has 0 saturated carbocycles. The summed E-state index contributed by atoms with van der Waals surface area (Å²) in [5, 5.41) is 8.31. The van der Waals surface area contributed by atoms with Gasteiger partial charge in [0.1, 0.15) is 6.04 Å². The number of hydrogen-bond acceptors (Lipinski definition) is 3. The van der Waals surface area contributed by atoms with E-state index in [0.29, 0.717) is 17.8 Å². The summed E-state index contributed by atoms with van der Waals surface area (Å²) in [4.78, 5) is 36.6. The van der Waals surface area contributed by atoms with E-state index < -0.39 is 6.04 Å². The van der Waals surface area contributed by atoms with Crippen molar-refractivity contribution >= 4 is 23.4 Å². The number of amides is 3. The standard InChI is InChI=1S/C21H23N3O3/c25-19(22-14-6-9-15-7-2-1-3-8-15)13-12-18-21(27)23-17-11-5-4-10-16(17)20(26)24-18/h1-5,7-8,10-11,18H,6,9,12-14H2,(H,22,25)(H,23,27)(H,24,26)/t18-/m1/s1. The van der Waals surface area contributed by atoms with Gasteiger partial charge in [0.2, 0.25) is 11.8 Å². The molecule has 0 aromatic heterocycles. The monoisotopic (exact) mass is 365 g/mol.